The van der Waals surface area contributed by atoms with E-state index in [9.17, 15) is 0 Å². The molecule has 1 rings (SSSR count). The zero-order chi connectivity index (χ0) is 9.14. The van der Waals surface area contributed by atoms with Gasteiger partial charge in [-0.3, -0.25) is 0 Å². The minimum atomic E-state index is 0.361. The Labute approximate surface area is 76.3 Å². The first-order valence-electron chi connectivity index (χ1n) is 3.47. The molecule has 0 saturated heterocycles. The Morgan fingerprint density at radius 2 is 2.00 bits per heavy atom. The molecule has 12 heavy (non-hydrogen) atoms. The second kappa shape index (κ2) is 3.54. The highest BCUT2D eigenvalue weighted by molar-refractivity contribution is 6.17. The number of hydrogen-bond acceptors (Lipinski definition) is 3. The molecule has 66 valence electrons. The third kappa shape index (κ3) is 1.41. The Bertz CT molecular complexity index is 260. The normalized spacial score (nSPS) is 9.83. The van der Waals surface area contributed by atoms with Crippen LogP contribution in [-0.2, 0) is 5.88 Å². The van der Waals surface area contributed by atoms with Crippen LogP contribution in [0.1, 0.15) is 5.56 Å². The average Bonchev–Trinajstić information content (AvgIpc) is 2.10. The summed E-state index contributed by atoms with van der Waals surface area (Å²) in [5, 5.41) is 0. The van der Waals surface area contributed by atoms with E-state index in [1.54, 1.807) is 19.2 Å². The molecule has 0 bridgehead atoms. The number of halogens is 1. The van der Waals surface area contributed by atoms with E-state index in [1.165, 1.54) is 0 Å². The molecule has 3 nitrogen and oxygen atoms in total. The molecule has 0 spiro atoms. The van der Waals surface area contributed by atoms with Gasteiger partial charge in [-0.25, -0.2) is 0 Å². The van der Waals surface area contributed by atoms with E-state index in [-0.39, 0.29) is 0 Å². The average molecular weight is 187 g/mol. The smallest absolute Gasteiger partial charge is 0.143 e. The van der Waals surface area contributed by atoms with E-state index in [0.29, 0.717) is 23.0 Å². The van der Waals surface area contributed by atoms with Crippen LogP contribution in [0.15, 0.2) is 12.1 Å². The fourth-order valence-corrected chi connectivity index (χ4v) is 1.19. The largest absolute Gasteiger partial charge is 0.495 e. The molecule has 0 fully saturated rings. The molecule has 1 aromatic rings. The number of hydrogen-bond donors (Lipinski definition) is 2. The molecule has 0 atom stereocenters. The van der Waals surface area contributed by atoms with Gasteiger partial charge in [0.15, 0.2) is 0 Å². The number of benzene rings is 1. The molecule has 0 aliphatic heterocycles. The van der Waals surface area contributed by atoms with E-state index >= 15 is 0 Å². The van der Waals surface area contributed by atoms with Crippen molar-refractivity contribution >= 4 is 23.0 Å². The van der Waals surface area contributed by atoms with E-state index in [2.05, 4.69) is 0 Å². The zero-order valence-electron chi connectivity index (χ0n) is 6.80. The number of methoxy groups -OCH3 is 1. The van der Waals surface area contributed by atoms with Gasteiger partial charge in [-0.05, 0) is 11.6 Å². The molecule has 0 unspecified atom stereocenters. The first-order valence-corrected chi connectivity index (χ1v) is 4.01. The Morgan fingerprint density at radius 3 is 2.50 bits per heavy atom. The zero-order valence-corrected chi connectivity index (χ0v) is 7.56. The van der Waals surface area contributed by atoms with Gasteiger partial charge in [-0.1, -0.05) is 6.07 Å². The molecular weight excluding hydrogens is 176 g/mol. The van der Waals surface area contributed by atoms with Crippen LogP contribution in [0.25, 0.3) is 0 Å². The molecule has 0 aromatic heterocycles. The van der Waals surface area contributed by atoms with Crippen molar-refractivity contribution in [3.8, 4) is 5.75 Å². The van der Waals surface area contributed by atoms with Crippen LogP contribution in [0.4, 0.5) is 11.4 Å². The van der Waals surface area contributed by atoms with Crippen molar-refractivity contribution in [2.45, 2.75) is 5.88 Å². The molecule has 0 heterocycles. The van der Waals surface area contributed by atoms with E-state index < -0.39 is 0 Å². The van der Waals surface area contributed by atoms with Gasteiger partial charge in [-0.2, -0.15) is 0 Å². The Kier molecular flexibility index (Phi) is 2.65. The SMILES string of the molecule is COc1ccc(CCl)c(N)c1N. The highest BCUT2D eigenvalue weighted by Crippen LogP contribution is 2.30. The van der Waals surface area contributed by atoms with Gasteiger partial charge in [0.05, 0.1) is 18.5 Å². The standard InChI is InChI=1S/C8H11ClN2O/c1-12-6-3-2-5(4-9)7(10)8(6)11/h2-3H,4,10-11H2,1H3. The van der Waals surface area contributed by atoms with Gasteiger partial charge >= 0.3 is 0 Å². The van der Waals surface area contributed by atoms with Gasteiger partial charge in [0.2, 0.25) is 0 Å². The summed E-state index contributed by atoms with van der Waals surface area (Å²) < 4.78 is 4.98. The third-order valence-electron chi connectivity index (χ3n) is 1.70. The summed E-state index contributed by atoms with van der Waals surface area (Å²) in [6, 6.07) is 3.56. The topological polar surface area (TPSA) is 61.3 Å². The Morgan fingerprint density at radius 1 is 1.33 bits per heavy atom. The number of anilines is 2. The van der Waals surface area contributed by atoms with E-state index in [4.69, 9.17) is 27.8 Å². The molecule has 0 radical (unpaired) electrons. The van der Waals surface area contributed by atoms with Gasteiger partial charge in [0.1, 0.15) is 5.75 Å². The molecule has 4 N–H and O–H groups in total. The maximum atomic E-state index is 5.68. The number of nitrogen functional groups attached to an aromatic ring is 2. The lowest BCUT2D eigenvalue weighted by Crippen LogP contribution is -2.01. The van der Waals surface area contributed by atoms with Crippen molar-refractivity contribution in [2.75, 3.05) is 18.6 Å². The van der Waals surface area contributed by atoms with Crippen molar-refractivity contribution in [2.24, 2.45) is 0 Å². The summed E-state index contributed by atoms with van der Waals surface area (Å²) >= 11 is 5.62. The lowest BCUT2D eigenvalue weighted by Gasteiger charge is -2.09. The van der Waals surface area contributed by atoms with Crippen LogP contribution in [0.3, 0.4) is 0 Å². The minimum absolute atomic E-state index is 0.361. The van der Waals surface area contributed by atoms with Crippen molar-refractivity contribution < 1.29 is 4.74 Å². The number of ether oxygens (including phenoxy) is 1. The van der Waals surface area contributed by atoms with Crippen LogP contribution in [0.2, 0.25) is 0 Å². The Balaban J connectivity index is 3.20. The first kappa shape index (κ1) is 9.00. The number of alkyl halides is 1. The lowest BCUT2D eigenvalue weighted by atomic mass is 10.1. The second-order valence-electron chi connectivity index (χ2n) is 2.39. The van der Waals surface area contributed by atoms with Crippen molar-refractivity contribution in [3.63, 3.8) is 0 Å². The summed E-state index contributed by atoms with van der Waals surface area (Å²) in [6.07, 6.45) is 0. The molecule has 0 aliphatic carbocycles. The first-order chi connectivity index (χ1) is 5.70. The van der Waals surface area contributed by atoms with Crippen LogP contribution < -0.4 is 16.2 Å². The summed E-state index contributed by atoms with van der Waals surface area (Å²) in [7, 11) is 1.55. The van der Waals surface area contributed by atoms with E-state index in [1.807, 2.05) is 0 Å². The molecule has 0 saturated carbocycles. The predicted molar refractivity (Wildman–Crippen MR) is 51.4 cm³/mol. The predicted octanol–water partition coefficient (Wildman–Crippen LogP) is 1.60. The third-order valence-corrected chi connectivity index (χ3v) is 1.99. The van der Waals surface area contributed by atoms with Crippen molar-refractivity contribution in [3.05, 3.63) is 17.7 Å². The maximum Gasteiger partial charge on any atom is 0.143 e. The van der Waals surface area contributed by atoms with Gasteiger partial charge < -0.3 is 16.2 Å². The molecule has 4 heteroatoms. The van der Waals surface area contributed by atoms with Gasteiger partial charge in [-0.15, -0.1) is 11.6 Å². The number of rotatable bonds is 2. The fourth-order valence-electron chi connectivity index (χ4n) is 0.956. The summed E-state index contributed by atoms with van der Waals surface area (Å²) in [5.74, 6) is 0.946. The van der Waals surface area contributed by atoms with Crippen LogP contribution in [-0.4, -0.2) is 7.11 Å². The molecule has 1 aromatic carbocycles. The highest BCUT2D eigenvalue weighted by Gasteiger charge is 2.06. The van der Waals surface area contributed by atoms with Crippen molar-refractivity contribution in [1.82, 2.24) is 0 Å². The van der Waals surface area contributed by atoms with Crippen LogP contribution in [0.5, 0.6) is 5.75 Å². The molecular formula is C8H11ClN2O. The van der Waals surface area contributed by atoms with E-state index in [0.717, 1.165) is 5.56 Å². The molecule has 0 amide bonds. The Hall–Kier alpha value is -1.09. The summed E-state index contributed by atoms with van der Waals surface area (Å²) in [5.41, 5.74) is 13.1. The van der Waals surface area contributed by atoms with Gasteiger partial charge in [0.25, 0.3) is 0 Å². The molecule has 0 aliphatic rings. The minimum Gasteiger partial charge on any atom is -0.495 e. The summed E-state index contributed by atoms with van der Waals surface area (Å²) in [6.45, 7) is 0. The number of nitrogens with two attached hydrogens (primary N) is 2. The van der Waals surface area contributed by atoms with Crippen LogP contribution >= 0.6 is 11.6 Å². The maximum absolute atomic E-state index is 5.68. The van der Waals surface area contributed by atoms with Gasteiger partial charge in [0, 0.05) is 5.88 Å². The highest BCUT2D eigenvalue weighted by atomic mass is 35.5. The quantitative estimate of drug-likeness (QED) is 0.545. The van der Waals surface area contributed by atoms with Crippen molar-refractivity contribution in [1.29, 1.82) is 0 Å². The fraction of sp³-hybridized carbons (Fsp3) is 0.250. The lowest BCUT2D eigenvalue weighted by molar-refractivity contribution is 0.417. The second-order valence-corrected chi connectivity index (χ2v) is 2.66. The van der Waals surface area contributed by atoms with Crippen LogP contribution in [0, 0.1) is 0 Å². The monoisotopic (exact) mass is 186 g/mol. The summed E-state index contributed by atoms with van der Waals surface area (Å²) in [4.78, 5) is 0.